The van der Waals surface area contributed by atoms with Crippen LogP contribution in [-0.4, -0.2) is 5.78 Å². The van der Waals surface area contributed by atoms with Crippen molar-refractivity contribution in [3.63, 3.8) is 0 Å². The van der Waals surface area contributed by atoms with Crippen LogP contribution in [0.3, 0.4) is 0 Å². The van der Waals surface area contributed by atoms with Crippen LogP contribution in [0.5, 0.6) is 0 Å². The molecule has 0 aliphatic rings. The van der Waals surface area contributed by atoms with E-state index in [0.717, 1.165) is 16.8 Å². The number of rotatable bonds is 5. The number of aryl methyl sites for hydroxylation is 1. The van der Waals surface area contributed by atoms with Gasteiger partial charge in [0.1, 0.15) is 11.6 Å². The van der Waals surface area contributed by atoms with Crippen LogP contribution in [-0.2, 0) is 17.6 Å². The molecule has 0 spiro atoms. The lowest BCUT2D eigenvalue weighted by Gasteiger charge is -2.03. The molecule has 0 atom stereocenters. The van der Waals surface area contributed by atoms with E-state index in [9.17, 15) is 9.18 Å². The molecule has 0 heterocycles. The highest BCUT2D eigenvalue weighted by atomic mass is 19.1. The van der Waals surface area contributed by atoms with E-state index in [1.165, 1.54) is 12.1 Å². The lowest BCUT2D eigenvalue weighted by atomic mass is 10.0. The zero-order valence-electron chi connectivity index (χ0n) is 10.6. The second-order valence-electron chi connectivity index (χ2n) is 4.58. The van der Waals surface area contributed by atoms with Gasteiger partial charge in [0.2, 0.25) is 0 Å². The molecular formula is C16H16FNO. The fraction of sp³-hybridized carbons (Fsp3) is 0.188. The van der Waals surface area contributed by atoms with Crippen LogP contribution >= 0.6 is 0 Å². The largest absolute Gasteiger partial charge is 0.399 e. The first-order valence-corrected chi connectivity index (χ1v) is 6.24. The molecule has 0 saturated heterocycles. The summed E-state index contributed by atoms with van der Waals surface area (Å²) in [6.45, 7) is 0. The molecule has 2 aromatic carbocycles. The zero-order valence-corrected chi connectivity index (χ0v) is 10.6. The molecule has 0 bridgehead atoms. The number of halogens is 1. The van der Waals surface area contributed by atoms with Crippen LogP contribution in [0.1, 0.15) is 17.5 Å². The highest BCUT2D eigenvalue weighted by Crippen LogP contribution is 2.10. The molecule has 0 unspecified atom stereocenters. The van der Waals surface area contributed by atoms with E-state index in [1.54, 1.807) is 12.1 Å². The van der Waals surface area contributed by atoms with E-state index in [1.807, 2.05) is 24.3 Å². The van der Waals surface area contributed by atoms with Gasteiger partial charge in [-0.25, -0.2) is 4.39 Å². The number of ketones is 1. The molecule has 3 heteroatoms. The molecule has 0 aliphatic carbocycles. The Morgan fingerprint density at radius 2 is 1.53 bits per heavy atom. The minimum absolute atomic E-state index is 0.156. The number of nitrogen functional groups attached to an aromatic ring is 1. The molecule has 2 aromatic rings. The average molecular weight is 257 g/mol. The molecule has 0 aliphatic heterocycles. The van der Waals surface area contributed by atoms with Crippen LogP contribution in [0.25, 0.3) is 0 Å². The smallest absolute Gasteiger partial charge is 0.137 e. The van der Waals surface area contributed by atoms with Gasteiger partial charge in [0.25, 0.3) is 0 Å². The third kappa shape index (κ3) is 4.21. The summed E-state index contributed by atoms with van der Waals surface area (Å²) in [4.78, 5) is 11.8. The normalized spacial score (nSPS) is 10.4. The zero-order chi connectivity index (χ0) is 13.7. The molecule has 2 N–H and O–H groups in total. The summed E-state index contributed by atoms with van der Waals surface area (Å²) in [6, 6.07) is 13.6. The topological polar surface area (TPSA) is 43.1 Å². The van der Waals surface area contributed by atoms with Crippen molar-refractivity contribution in [3.8, 4) is 0 Å². The van der Waals surface area contributed by atoms with E-state index >= 15 is 0 Å². The fourth-order valence-corrected chi connectivity index (χ4v) is 1.89. The summed E-state index contributed by atoms with van der Waals surface area (Å²) < 4.78 is 12.7. The second kappa shape index (κ2) is 6.14. The second-order valence-corrected chi connectivity index (χ2v) is 4.58. The van der Waals surface area contributed by atoms with Crippen LogP contribution in [0.2, 0.25) is 0 Å². The van der Waals surface area contributed by atoms with Gasteiger partial charge in [0.15, 0.2) is 0 Å². The molecule has 2 rings (SSSR count). The summed E-state index contributed by atoms with van der Waals surface area (Å²) in [7, 11) is 0. The molecule has 0 amide bonds. The van der Waals surface area contributed by atoms with E-state index in [4.69, 9.17) is 5.73 Å². The molecule has 19 heavy (non-hydrogen) atoms. The molecule has 98 valence electrons. The lowest BCUT2D eigenvalue weighted by Crippen LogP contribution is -2.04. The number of nitrogens with two attached hydrogens (primary N) is 1. The molecule has 2 nitrogen and oxygen atoms in total. The Kier molecular flexibility index (Phi) is 4.29. The van der Waals surface area contributed by atoms with Gasteiger partial charge in [0, 0.05) is 18.5 Å². The van der Waals surface area contributed by atoms with Gasteiger partial charge in [-0.15, -0.1) is 0 Å². The monoisotopic (exact) mass is 257 g/mol. The number of anilines is 1. The minimum atomic E-state index is -0.280. The van der Waals surface area contributed by atoms with Gasteiger partial charge in [-0.1, -0.05) is 24.3 Å². The van der Waals surface area contributed by atoms with Crippen molar-refractivity contribution >= 4 is 11.5 Å². The Labute approximate surface area is 112 Å². The predicted molar refractivity (Wildman–Crippen MR) is 74.3 cm³/mol. The van der Waals surface area contributed by atoms with Crippen molar-refractivity contribution in [2.75, 3.05) is 5.73 Å². The maximum absolute atomic E-state index is 12.7. The maximum atomic E-state index is 12.7. The number of hydrogen-bond donors (Lipinski definition) is 1. The Bertz CT molecular complexity index is 546. The average Bonchev–Trinajstić information content (AvgIpc) is 2.41. The van der Waals surface area contributed by atoms with Gasteiger partial charge >= 0.3 is 0 Å². The van der Waals surface area contributed by atoms with Crippen molar-refractivity contribution in [1.29, 1.82) is 0 Å². The Morgan fingerprint density at radius 3 is 2.16 bits per heavy atom. The first kappa shape index (κ1) is 13.3. The van der Waals surface area contributed by atoms with Gasteiger partial charge in [-0.2, -0.15) is 0 Å². The first-order valence-electron chi connectivity index (χ1n) is 6.24. The quantitative estimate of drug-likeness (QED) is 0.836. The summed E-state index contributed by atoms with van der Waals surface area (Å²) >= 11 is 0. The summed E-state index contributed by atoms with van der Waals surface area (Å²) in [5, 5.41) is 0. The van der Waals surface area contributed by atoms with Crippen LogP contribution in [0, 0.1) is 5.82 Å². The fourth-order valence-electron chi connectivity index (χ4n) is 1.89. The highest BCUT2D eigenvalue weighted by Gasteiger charge is 2.04. The third-order valence-electron chi connectivity index (χ3n) is 2.99. The van der Waals surface area contributed by atoms with Crippen LogP contribution in [0.4, 0.5) is 10.1 Å². The lowest BCUT2D eigenvalue weighted by molar-refractivity contribution is -0.118. The van der Waals surface area contributed by atoms with Crippen molar-refractivity contribution in [1.82, 2.24) is 0 Å². The first-order chi connectivity index (χ1) is 9.13. The molecule has 0 radical (unpaired) electrons. The highest BCUT2D eigenvalue weighted by molar-refractivity contribution is 5.81. The number of benzene rings is 2. The predicted octanol–water partition coefficient (Wildman–Crippen LogP) is 3.15. The Morgan fingerprint density at radius 1 is 0.947 bits per heavy atom. The molecule has 0 saturated carbocycles. The third-order valence-corrected chi connectivity index (χ3v) is 2.99. The van der Waals surface area contributed by atoms with E-state index in [-0.39, 0.29) is 11.6 Å². The van der Waals surface area contributed by atoms with Gasteiger partial charge in [-0.05, 0) is 41.8 Å². The van der Waals surface area contributed by atoms with Gasteiger partial charge in [0.05, 0.1) is 0 Å². The molecule has 0 aromatic heterocycles. The van der Waals surface area contributed by atoms with Crippen molar-refractivity contribution < 1.29 is 9.18 Å². The minimum Gasteiger partial charge on any atom is -0.399 e. The maximum Gasteiger partial charge on any atom is 0.137 e. The molecule has 0 fully saturated rings. The van der Waals surface area contributed by atoms with Gasteiger partial charge < -0.3 is 5.73 Å². The van der Waals surface area contributed by atoms with Crippen LogP contribution < -0.4 is 5.73 Å². The number of carbonyl (C=O) groups excluding carboxylic acids is 1. The van der Waals surface area contributed by atoms with E-state index in [0.29, 0.717) is 19.3 Å². The standard InChI is InChI=1S/C16H16FNO/c17-14-6-1-13(2-7-14)11-16(19)10-5-12-3-8-15(18)9-4-12/h1-4,6-9H,5,10-11,18H2. The summed E-state index contributed by atoms with van der Waals surface area (Å²) in [5.74, 6) is -0.124. The van der Waals surface area contributed by atoms with Crippen molar-refractivity contribution in [3.05, 3.63) is 65.5 Å². The Hall–Kier alpha value is -2.16. The summed E-state index contributed by atoms with van der Waals surface area (Å²) in [6.07, 6.45) is 1.55. The number of hydrogen-bond acceptors (Lipinski definition) is 2. The van der Waals surface area contributed by atoms with E-state index < -0.39 is 0 Å². The SMILES string of the molecule is Nc1ccc(CCC(=O)Cc2ccc(F)cc2)cc1. The Balaban J connectivity index is 1.84. The summed E-state index contributed by atoms with van der Waals surface area (Å²) in [5.41, 5.74) is 8.27. The van der Waals surface area contributed by atoms with Crippen molar-refractivity contribution in [2.24, 2.45) is 0 Å². The van der Waals surface area contributed by atoms with Crippen LogP contribution in [0.15, 0.2) is 48.5 Å². The van der Waals surface area contributed by atoms with Crippen molar-refractivity contribution in [2.45, 2.75) is 19.3 Å². The number of Topliss-reactive ketones (excluding diaryl/α,β-unsaturated/α-hetero) is 1. The van der Waals surface area contributed by atoms with E-state index in [2.05, 4.69) is 0 Å². The number of carbonyl (C=O) groups is 1. The van der Waals surface area contributed by atoms with Gasteiger partial charge in [-0.3, -0.25) is 4.79 Å². The molecular weight excluding hydrogens is 241 g/mol.